The summed E-state index contributed by atoms with van der Waals surface area (Å²) in [6.45, 7) is 9.16. The number of halogens is 6. The normalized spacial score (nSPS) is 46.7. The van der Waals surface area contributed by atoms with E-state index in [1.54, 1.807) is 38.5 Å². The Hall–Kier alpha value is -1.02. The number of hydrogen-bond donors (Lipinski definition) is 0. The van der Waals surface area contributed by atoms with Crippen molar-refractivity contribution in [2.24, 2.45) is 35.0 Å². The molecule has 2 aliphatic heterocycles. The summed E-state index contributed by atoms with van der Waals surface area (Å²) in [5, 5.41) is 0. The van der Waals surface area contributed by atoms with E-state index in [2.05, 4.69) is 31.2 Å². The zero-order chi connectivity index (χ0) is 27.8. The van der Waals surface area contributed by atoms with Gasteiger partial charge in [-0.25, -0.2) is 0 Å². The molecule has 5 aliphatic carbocycles. The fraction of sp³-hybridized carbons (Fsp3) is 0.867. The van der Waals surface area contributed by atoms with Crippen molar-refractivity contribution in [3.63, 3.8) is 0 Å². The van der Waals surface area contributed by atoms with E-state index in [-0.39, 0.29) is 5.60 Å². The highest BCUT2D eigenvalue weighted by molar-refractivity contribution is 5.21. The van der Waals surface area contributed by atoms with Crippen molar-refractivity contribution in [1.82, 2.24) is 0 Å². The second-order valence-corrected chi connectivity index (χ2v) is 14.1. The molecule has 0 aromatic heterocycles. The van der Waals surface area contributed by atoms with Crippen LogP contribution in [-0.4, -0.2) is 35.3 Å². The van der Waals surface area contributed by atoms with Crippen molar-refractivity contribution in [3.05, 3.63) is 24.8 Å². The molecule has 8 heteroatoms. The van der Waals surface area contributed by atoms with Gasteiger partial charge in [-0.1, -0.05) is 12.2 Å². The Bertz CT molecular complexity index is 901. The fourth-order valence-corrected chi connectivity index (χ4v) is 9.17. The van der Waals surface area contributed by atoms with Crippen molar-refractivity contribution in [3.8, 4) is 0 Å². The maximum absolute atomic E-state index is 12.8. The van der Waals surface area contributed by atoms with E-state index in [1.165, 1.54) is 25.3 Å². The summed E-state index contributed by atoms with van der Waals surface area (Å²) in [7, 11) is 0. The zero-order valence-corrected chi connectivity index (χ0v) is 22.8. The first-order valence-electron chi connectivity index (χ1n) is 14.3. The third-order valence-electron chi connectivity index (χ3n) is 10.7. The van der Waals surface area contributed by atoms with Crippen LogP contribution in [0.2, 0.25) is 0 Å². The maximum atomic E-state index is 12.8. The lowest BCUT2D eigenvalue weighted by atomic mass is 9.48. The Morgan fingerprint density at radius 2 is 1.42 bits per heavy atom. The molecule has 38 heavy (non-hydrogen) atoms. The average Bonchev–Trinajstić information content (AvgIpc) is 3.26. The number of fused-ring (bicyclic) bond motifs is 2. The Morgan fingerprint density at radius 3 is 1.89 bits per heavy atom. The van der Waals surface area contributed by atoms with Crippen LogP contribution in [0.25, 0.3) is 0 Å². The molecule has 216 valence electrons. The second-order valence-electron chi connectivity index (χ2n) is 14.1. The zero-order valence-electron chi connectivity index (χ0n) is 22.8. The van der Waals surface area contributed by atoms with Crippen LogP contribution in [0.5, 0.6) is 0 Å². The third-order valence-corrected chi connectivity index (χ3v) is 10.7. The molecule has 4 saturated carbocycles. The minimum atomic E-state index is -4.83. The van der Waals surface area contributed by atoms with E-state index in [9.17, 15) is 26.3 Å². The summed E-state index contributed by atoms with van der Waals surface area (Å²) in [4.78, 5) is 0. The van der Waals surface area contributed by atoms with Crippen molar-refractivity contribution >= 4 is 0 Å². The van der Waals surface area contributed by atoms with Crippen LogP contribution >= 0.6 is 0 Å². The van der Waals surface area contributed by atoms with E-state index in [0.29, 0.717) is 30.4 Å². The van der Waals surface area contributed by atoms with Crippen LogP contribution in [0.15, 0.2) is 24.8 Å². The summed E-state index contributed by atoms with van der Waals surface area (Å²) >= 11 is 0. The van der Waals surface area contributed by atoms with E-state index in [1.807, 2.05) is 0 Å². The average molecular weight is 549 g/mol. The first-order valence-corrected chi connectivity index (χ1v) is 14.3. The van der Waals surface area contributed by atoms with Crippen LogP contribution < -0.4 is 0 Å². The van der Waals surface area contributed by atoms with E-state index < -0.39 is 42.3 Å². The van der Waals surface area contributed by atoms with Crippen molar-refractivity contribution in [2.45, 2.75) is 127 Å². The van der Waals surface area contributed by atoms with Gasteiger partial charge in [0.05, 0.1) is 11.7 Å². The van der Waals surface area contributed by atoms with E-state index in [4.69, 9.17) is 4.74 Å². The topological polar surface area (TPSA) is 18.5 Å². The van der Waals surface area contributed by atoms with Gasteiger partial charge in [-0.3, -0.25) is 0 Å². The van der Waals surface area contributed by atoms with Gasteiger partial charge in [-0.05, 0) is 127 Å². The van der Waals surface area contributed by atoms with Gasteiger partial charge in [-0.2, -0.15) is 26.3 Å². The van der Waals surface area contributed by atoms with Gasteiger partial charge in [0, 0.05) is 5.92 Å². The monoisotopic (exact) mass is 548 g/mol. The Kier molecular flexibility index (Phi) is 6.94. The summed E-state index contributed by atoms with van der Waals surface area (Å²) in [5.41, 5.74) is -4.79. The number of allylic oxidation sites excluding steroid dienone is 1. The highest BCUT2D eigenvalue weighted by Gasteiger charge is 2.68. The Morgan fingerprint density at radius 1 is 0.842 bits per heavy atom. The number of hydrogen-bond acceptors (Lipinski definition) is 2. The molecule has 2 nitrogen and oxygen atoms in total. The first kappa shape index (κ1) is 28.5. The first-order chi connectivity index (χ1) is 17.5. The molecule has 0 aromatic carbocycles. The lowest BCUT2D eigenvalue weighted by molar-refractivity contribution is -0.364. The number of rotatable bonds is 4. The molecule has 0 N–H and O–H groups in total. The van der Waals surface area contributed by atoms with Crippen molar-refractivity contribution < 1.29 is 35.8 Å². The van der Waals surface area contributed by atoms with Gasteiger partial charge in [0.25, 0.3) is 0 Å². The van der Waals surface area contributed by atoms with E-state index in [0.717, 1.165) is 17.8 Å². The Labute approximate surface area is 222 Å². The molecule has 0 amide bonds. The minimum absolute atomic E-state index is 0.00782. The van der Waals surface area contributed by atoms with Crippen LogP contribution in [0.3, 0.4) is 0 Å². The third kappa shape index (κ3) is 5.10. The van der Waals surface area contributed by atoms with Crippen LogP contribution in [0, 0.1) is 35.0 Å². The quantitative estimate of drug-likeness (QED) is 0.258. The van der Waals surface area contributed by atoms with Gasteiger partial charge in [-0.15, -0.1) is 6.58 Å². The molecule has 7 aliphatic rings. The SMILES string of the molecule is C=CC1CC(CCC23CC4CC(CC(C4)C2)C3)OC1(C)C.CC1(C(F)(F)F)CC2C=CC(C(F)(F)F)(C2)O1. The summed E-state index contributed by atoms with van der Waals surface area (Å²) in [6, 6.07) is 0. The lowest BCUT2D eigenvalue weighted by Gasteiger charge is -2.57. The van der Waals surface area contributed by atoms with Gasteiger partial charge < -0.3 is 9.47 Å². The number of alkyl halides is 6. The molecule has 5 atom stereocenters. The summed E-state index contributed by atoms with van der Waals surface area (Å²) in [5.74, 6) is 3.05. The molecular formula is C30H42F6O2. The number of ether oxygens (including phenoxy) is 2. The van der Waals surface area contributed by atoms with Crippen LogP contribution in [-0.2, 0) is 9.47 Å². The van der Waals surface area contributed by atoms with Crippen LogP contribution in [0.1, 0.15) is 91.4 Å². The van der Waals surface area contributed by atoms with Gasteiger partial charge in [0.1, 0.15) is 0 Å². The molecule has 0 radical (unpaired) electrons. The molecule has 0 aromatic rings. The van der Waals surface area contributed by atoms with Gasteiger partial charge in [0.15, 0.2) is 11.2 Å². The minimum Gasteiger partial charge on any atom is -0.372 e. The predicted molar refractivity (Wildman–Crippen MR) is 133 cm³/mol. The summed E-state index contributed by atoms with van der Waals surface area (Å²) in [6.07, 6.45) is 7.15. The largest absolute Gasteiger partial charge is 0.421 e. The molecule has 2 heterocycles. The Balaban J connectivity index is 0.000000159. The molecule has 6 fully saturated rings. The fourth-order valence-electron chi connectivity index (χ4n) is 9.17. The smallest absolute Gasteiger partial charge is 0.372 e. The van der Waals surface area contributed by atoms with Gasteiger partial charge >= 0.3 is 12.4 Å². The highest BCUT2D eigenvalue weighted by atomic mass is 19.4. The maximum Gasteiger partial charge on any atom is 0.421 e. The summed E-state index contributed by atoms with van der Waals surface area (Å²) < 4.78 is 87.4. The van der Waals surface area contributed by atoms with E-state index >= 15 is 0 Å². The van der Waals surface area contributed by atoms with Crippen LogP contribution in [0.4, 0.5) is 26.3 Å². The van der Waals surface area contributed by atoms with Crippen molar-refractivity contribution in [2.75, 3.05) is 0 Å². The molecule has 5 unspecified atom stereocenters. The van der Waals surface area contributed by atoms with Gasteiger partial charge in [0.2, 0.25) is 0 Å². The molecule has 6 bridgehead atoms. The predicted octanol–water partition coefficient (Wildman–Crippen LogP) is 8.96. The second kappa shape index (κ2) is 9.25. The van der Waals surface area contributed by atoms with Crippen molar-refractivity contribution in [1.29, 1.82) is 0 Å². The lowest BCUT2D eigenvalue weighted by Crippen LogP contribution is -2.59. The standard InChI is InChI=1S/C20H32O.C10H10F6O/c1-4-17-10-18(21-19(17,2)3)5-6-20-11-14-7-15(12-20)9-16(8-14)13-20;1-7(9(11,12)13)4-6-2-3-8(5-6,17-7)10(14,15)16/h4,14-18H,1,5-13H2,2-3H3;2-3,6H,4-5H2,1H3. The molecule has 2 saturated heterocycles. The molecule has 0 spiro atoms. The molecular weight excluding hydrogens is 506 g/mol. The highest BCUT2D eigenvalue weighted by Crippen LogP contribution is 2.62. The molecule has 7 rings (SSSR count).